The summed E-state index contributed by atoms with van der Waals surface area (Å²) in [7, 11) is 0. The topological polar surface area (TPSA) is 37.3 Å². The number of nitrogens with zero attached hydrogens (tertiary/aromatic N) is 2. The molecular formula is C16H25N3O. The lowest BCUT2D eigenvalue weighted by Gasteiger charge is -2.40. The van der Waals surface area contributed by atoms with Crippen LogP contribution >= 0.6 is 0 Å². The van der Waals surface area contributed by atoms with Crippen LogP contribution in [0.1, 0.15) is 26.2 Å². The van der Waals surface area contributed by atoms with Crippen LogP contribution in [0.2, 0.25) is 0 Å². The molecule has 0 radical (unpaired) electrons. The van der Waals surface area contributed by atoms with Gasteiger partial charge in [0.15, 0.2) is 0 Å². The van der Waals surface area contributed by atoms with Crippen molar-refractivity contribution in [1.82, 2.24) is 14.8 Å². The average Bonchev–Trinajstić information content (AvgIpc) is 3.31. The Morgan fingerprint density at radius 3 is 2.85 bits per heavy atom. The first kappa shape index (κ1) is 13.8. The second kappa shape index (κ2) is 6.10. The molecular weight excluding hydrogens is 250 g/mol. The summed E-state index contributed by atoms with van der Waals surface area (Å²) in [4.78, 5) is 14.4. The highest BCUT2D eigenvalue weighted by atomic mass is 16.1. The van der Waals surface area contributed by atoms with Gasteiger partial charge in [-0.25, -0.2) is 0 Å². The van der Waals surface area contributed by atoms with Crippen LogP contribution in [0.25, 0.3) is 0 Å². The number of nitrogens with one attached hydrogen (secondary N) is 1. The fraction of sp³-hybridized carbons (Fsp3) is 0.688. The molecule has 0 amide bonds. The predicted molar refractivity (Wildman–Crippen MR) is 80.9 cm³/mol. The summed E-state index contributed by atoms with van der Waals surface area (Å²) in [6, 6.07) is 6.68. The molecule has 4 nitrogen and oxygen atoms in total. The number of hydrogen-bond donors (Lipinski definition) is 1. The smallest absolute Gasteiger partial charge is 0.250 e. The van der Waals surface area contributed by atoms with E-state index in [4.69, 9.17) is 0 Å². The van der Waals surface area contributed by atoms with Gasteiger partial charge in [0.2, 0.25) is 0 Å². The van der Waals surface area contributed by atoms with Crippen molar-refractivity contribution >= 4 is 0 Å². The molecule has 2 fully saturated rings. The van der Waals surface area contributed by atoms with Gasteiger partial charge in [-0.05, 0) is 31.2 Å². The van der Waals surface area contributed by atoms with Crippen LogP contribution in [0.15, 0.2) is 29.2 Å². The van der Waals surface area contributed by atoms with Crippen LogP contribution in [0, 0.1) is 5.92 Å². The molecule has 2 heterocycles. The summed E-state index contributed by atoms with van der Waals surface area (Å²) in [5.74, 6) is 0.882. The fourth-order valence-electron chi connectivity index (χ4n) is 3.26. The van der Waals surface area contributed by atoms with E-state index in [1.807, 2.05) is 22.9 Å². The van der Waals surface area contributed by atoms with Crippen molar-refractivity contribution in [2.24, 2.45) is 5.92 Å². The Morgan fingerprint density at radius 1 is 1.30 bits per heavy atom. The van der Waals surface area contributed by atoms with Gasteiger partial charge >= 0.3 is 0 Å². The molecule has 0 spiro atoms. The highest BCUT2D eigenvalue weighted by Crippen LogP contribution is 2.36. The van der Waals surface area contributed by atoms with E-state index in [9.17, 15) is 4.79 Å². The van der Waals surface area contributed by atoms with Gasteiger partial charge in [-0.15, -0.1) is 0 Å². The second-order valence-electron chi connectivity index (χ2n) is 6.15. The van der Waals surface area contributed by atoms with Crippen LogP contribution in [0.5, 0.6) is 0 Å². The Balaban J connectivity index is 1.63. The number of pyridine rings is 1. The van der Waals surface area contributed by atoms with Gasteiger partial charge in [-0.1, -0.05) is 13.0 Å². The molecule has 1 saturated carbocycles. The van der Waals surface area contributed by atoms with Crippen LogP contribution in [-0.4, -0.2) is 41.2 Å². The molecule has 0 aromatic carbocycles. The lowest BCUT2D eigenvalue weighted by atomic mass is 10.0. The van der Waals surface area contributed by atoms with Gasteiger partial charge in [0.05, 0.1) is 0 Å². The third kappa shape index (κ3) is 3.13. The minimum Gasteiger partial charge on any atom is -0.314 e. The van der Waals surface area contributed by atoms with E-state index >= 15 is 0 Å². The molecule has 1 N–H and O–H groups in total. The van der Waals surface area contributed by atoms with Crippen molar-refractivity contribution in [3.8, 4) is 0 Å². The van der Waals surface area contributed by atoms with E-state index in [-0.39, 0.29) is 5.56 Å². The summed E-state index contributed by atoms with van der Waals surface area (Å²) in [6.45, 7) is 6.28. The van der Waals surface area contributed by atoms with Crippen molar-refractivity contribution in [1.29, 1.82) is 0 Å². The Labute approximate surface area is 120 Å². The molecule has 20 heavy (non-hydrogen) atoms. The second-order valence-corrected chi connectivity index (χ2v) is 6.15. The first-order valence-corrected chi connectivity index (χ1v) is 7.91. The molecule has 110 valence electrons. The maximum absolute atomic E-state index is 11.8. The summed E-state index contributed by atoms with van der Waals surface area (Å²) >= 11 is 0. The van der Waals surface area contributed by atoms with E-state index in [0.717, 1.165) is 32.1 Å². The number of aromatic nitrogens is 1. The van der Waals surface area contributed by atoms with Crippen molar-refractivity contribution in [2.45, 2.75) is 44.8 Å². The normalized spacial score (nSPS) is 27.6. The highest BCUT2D eigenvalue weighted by Gasteiger charge is 2.38. The average molecular weight is 275 g/mol. The van der Waals surface area contributed by atoms with Crippen LogP contribution in [0.3, 0.4) is 0 Å². The monoisotopic (exact) mass is 275 g/mol. The lowest BCUT2D eigenvalue weighted by Crippen LogP contribution is -2.57. The highest BCUT2D eigenvalue weighted by molar-refractivity contribution is 4.96. The van der Waals surface area contributed by atoms with E-state index in [0.29, 0.717) is 12.1 Å². The molecule has 1 saturated heterocycles. The minimum absolute atomic E-state index is 0.109. The zero-order valence-electron chi connectivity index (χ0n) is 12.3. The minimum atomic E-state index is 0.109. The number of hydrogen-bond acceptors (Lipinski definition) is 3. The van der Waals surface area contributed by atoms with Crippen molar-refractivity contribution in [2.75, 3.05) is 19.6 Å². The molecule has 1 aromatic rings. The summed E-state index contributed by atoms with van der Waals surface area (Å²) < 4.78 is 1.83. The molecule has 0 bridgehead atoms. The first-order chi connectivity index (χ1) is 9.78. The SMILES string of the molecule is CCC1CN(CCn2ccccc2=O)C(C2CC2)CN1. The molecule has 1 aromatic heterocycles. The summed E-state index contributed by atoms with van der Waals surface area (Å²) in [5, 5.41) is 3.67. The third-order valence-electron chi connectivity index (χ3n) is 4.73. The summed E-state index contributed by atoms with van der Waals surface area (Å²) in [6.07, 6.45) is 5.84. The first-order valence-electron chi connectivity index (χ1n) is 7.91. The van der Waals surface area contributed by atoms with Gasteiger partial charge < -0.3 is 9.88 Å². The van der Waals surface area contributed by atoms with Crippen LogP contribution in [-0.2, 0) is 6.54 Å². The summed E-state index contributed by atoms with van der Waals surface area (Å²) in [5.41, 5.74) is 0.109. The van der Waals surface area contributed by atoms with Gasteiger partial charge in [-0.3, -0.25) is 9.69 Å². The molecule has 2 atom stereocenters. The van der Waals surface area contributed by atoms with Gasteiger partial charge in [0, 0.05) is 50.5 Å². The lowest BCUT2D eigenvalue weighted by molar-refractivity contribution is 0.109. The third-order valence-corrected chi connectivity index (χ3v) is 4.73. The van der Waals surface area contributed by atoms with Crippen LogP contribution in [0.4, 0.5) is 0 Å². The Morgan fingerprint density at radius 2 is 2.15 bits per heavy atom. The van der Waals surface area contributed by atoms with Crippen molar-refractivity contribution in [3.05, 3.63) is 34.7 Å². The molecule has 1 aliphatic heterocycles. The zero-order valence-corrected chi connectivity index (χ0v) is 12.3. The predicted octanol–water partition coefficient (Wildman–Crippen LogP) is 1.31. The van der Waals surface area contributed by atoms with E-state index in [1.165, 1.54) is 19.3 Å². The van der Waals surface area contributed by atoms with Gasteiger partial charge in [0.1, 0.15) is 0 Å². The molecule has 3 rings (SSSR count). The maximum Gasteiger partial charge on any atom is 0.250 e. The number of rotatable bonds is 5. The zero-order chi connectivity index (χ0) is 13.9. The van der Waals surface area contributed by atoms with Crippen LogP contribution < -0.4 is 10.9 Å². The molecule has 2 aliphatic rings. The van der Waals surface area contributed by atoms with Crippen molar-refractivity contribution < 1.29 is 0 Å². The van der Waals surface area contributed by atoms with E-state index < -0.39 is 0 Å². The molecule has 1 aliphatic carbocycles. The van der Waals surface area contributed by atoms with Crippen molar-refractivity contribution in [3.63, 3.8) is 0 Å². The Kier molecular flexibility index (Phi) is 4.22. The maximum atomic E-state index is 11.8. The van der Waals surface area contributed by atoms with Gasteiger partial charge in [0.25, 0.3) is 5.56 Å². The Hall–Kier alpha value is -1.13. The largest absolute Gasteiger partial charge is 0.314 e. The fourth-order valence-corrected chi connectivity index (χ4v) is 3.26. The number of piperazine rings is 1. The Bertz CT molecular complexity index is 494. The van der Waals surface area contributed by atoms with E-state index in [2.05, 4.69) is 17.1 Å². The molecule has 2 unspecified atom stereocenters. The molecule has 4 heteroatoms. The van der Waals surface area contributed by atoms with Gasteiger partial charge in [-0.2, -0.15) is 0 Å². The van der Waals surface area contributed by atoms with E-state index in [1.54, 1.807) is 6.07 Å². The standard InChI is InChI=1S/C16H25N3O/c1-2-14-12-19(15(11-17-14)13-6-7-13)10-9-18-8-4-3-5-16(18)20/h3-5,8,13-15,17H,2,6-7,9-12H2,1H3. The quantitative estimate of drug-likeness (QED) is 0.880.